The fourth-order valence-corrected chi connectivity index (χ4v) is 1.62. The van der Waals surface area contributed by atoms with Crippen molar-refractivity contribution >= 4 is 0 Å². The zero-order valence-electron chi connectivity index (χ0n) is 8.89. The Hall–Kier alpha value is -0.330. The number of hydrogen-bond acceptors (Lipinski definition) is 3. The Balaban J connectivity index is 2.09. The Morgan fingerprint density at radius 3 is 2.07 bits per heavy atom. The molecule has 1 heterocycles. The van der Waals surface area contributed by atoms with Crippen molar-refractivity contribution in [2.75, 3.05) is 45.9 Å². The van der Waals surface area contributed by atoms with Gasteiger partial charge in [-0.3, -0.25) is 9.64 Å². The molecule has 1 aliphatic rings. The van der Waals surface area contributed by atoms with Gasteiger partial charge in [-0.1, -0.05) is 6.92 Å². The smallest absolute Gasteiger partial charge is 0.301 e. The van der Waals surface area contributed by atoms with E-state index in [4.69, 9.17) is 0 Å². The van der Waals surface area contributed by atoms with E-state index in [0.29, 0.717) is 6.54 Å². The van der Waals surface area contributed by atoms with Crippen LogP contribution in [0.4, 0.5) is 13.2 Å². The van der Waals surface area contributed by atoms with Gasteiger partial charge in [0.2, 0.25) is 0 Å². The predicted octanol–water partition coefficient (Wildman–Crippen LogP) is 1.16. The predicted molar refractivity (Wildman–Crippen MR) is 50.6 cm³/mol. The minimum absolute atomic E-state index is 0.268. The molecule has 0 unspecified atom stereocenters. The SMILES string of the molecule is CCN1CCN(CCOC(F)(F)F)CC1. The normalized spacial score (nSPS) is 20.8. The van der Waals surface area contributed by atoms with Crippen LogP contribution in [0.25, 0.3) is 0 Å². The number of halogens is 3. The molecule has 3 nitrogen and oxygen atoms in total. The number of ether oxygens (including phenoxy) is 1. The quantitative estimate of drug-likeness (QED) is 0.715. The third-order valence-electron chi connectivity index (χ3n) is 2.59. The number of likely N-dealkylation sites (N-methyl/N-ethyl adjacent to an activating group) is 1. The highest BCUT2D eigenvalue weighted by molar-refractivity contribution is 4.70. The molecule has 0 aromatic carbocycles. The lowest BCUT2D eigenvalue weighted by Gasteiger charge is -2.33. The van der Waals surface area contributed by atoms with Crippen molar-refractivity contribution < 1.29 is 17.9 Å². The van der Waals surface area contributed by atoms with Crippen LogP contribution in [0.1, 0.15) is 6.92 Å². The number of alkyl halides is 3. The highest BCUT2D eigenvalue weighted by Crippen LogP contribution is 2.15. The molecule has 0 atom stereocenters. The molecule has 6 heteroatoms. The molecule has 0 saturated carbocycles. The first-order valence-electron chi connectivity index (χ1n) is 5.16. The second-order valence-electron chi connectivity index (χ2n) is 3.57. The molecule has 1 rings (SSSR count). The van der Waals surface area contributed by atoms with Crippen LogP contribution in [0.15, 0.2) is 0 Å². The maximum Gasteiger partial charge on any atom is 0.522 e. The lowest BCUT2D eigenvalue weighted by Crippen LogP contribution is -2.47. The molecule has 0 radical (unpaired) electrons. The van der Waals surface area contributed by atoms with Crippen molar-refractivity contribution in [3.05, 3.63) is 0 Å². The van der Waals surface area contributed by atoms with Crippen molar-refractivity contribution in [1.82, 2.24) is 9.80 Å². The Labute approximate surface area is 87.8 Å². The summed E-state index contributed by atoms with van der Waals surface area (Å²) in [7, 11) is 0. The van der Waals surface area contributed by atoms with Crippen molar-refractivity contribution in [3.8, 4) is 0 Å². The van der Waals surface area contributed by atoms with E-state index in [1.807, 2.05) is 4.90 Å². The maximum absolute atomic E-state index is 11.7. The Kier molecular flexibility index (Phi) is 4.82. The monoisotopic (exact) mass is 226 g/mol. The third kappa shape index (κ3) is 5.34. The van der Waals surface area contributed by atoms with Crippen LogP contribution >= 0.6 is 0 Å². The van der Waals surface area contributed by atoms with E-state index in [2.05, 4.69) is 16.6 Å². The first-order valence-corrected chi connectivity index (χ1v) is 5.16. The van der Waals surface area contributed by atoms with Crippen LogP contribution in [0, 0.1) is 0 Å². The molecule has 90 valence electrons. The van der Waals surface area contributed by atoms with Crippen LogP contribution < -0.4 is 0 Å². The van der Waals surface area contributed by atoms with Crippen LogP contribution in [0.5, 0.6) is 0 Å². The van der Waals surface area contributed by atoms with Gasteiger partial charge in [0.25, 0.3) is 0 Å². The van der Waals surface area contributed by atoms with Gasteiger partial charge in [0.15, 0.2) is 0 Å². The van der Waals surface area contributed by atoms with Crippen LogP contribution in [-0.2, 0) is 4.74 Å². The molecule has 0 N–H and O–H groups in total. The third-order valence-corrected chi connectivity index (χ3v) is 2.59. The molecule has 0 aromatic heterocycles. The summed E-state index contributed by atoms with van der Waals surface area (Å²) in [4.78, 5) is 4.28. The summed E-state index contributed by atoms with van der Waals surface area (Å²) in [5, 5.41) is 0. The molecular formula is C9H17F3N2O. The van der Waals surface area contributed by atoms with Gasteiger partial charge >= 0.3 is 6.36 Å². The Morgan fingerprint density at radius 2 is 1.60 bits per heavy atom. The lowest BCUT2D eigenvalue weighted by atomic mass is 10.3. The summed E-state index contributed by atoms with van der Waals surface area (Å²) < 4.78 is 38.8. The minimum Gasteiger partial charge on any atom is -0.301 e. The summed E-state index contributed by atoms with van der Waals surface area (Å²) in [6, 6.07) is 0. The first-order chi connectivity index (χ1) is 7.01. The second-order valence-corrected chi connectivity index (χ2v) is 3.57. The molecular weight excluding hydrogens is 209 g/mol. The lowest BCUT2D eigenvalue weighted by molar-refractivity contribution is -0.325. The zero-order valence-corrected chi connectivity index (χ0v) is 8.89. The van der Waals surface area contributed by atoms with Gasteiger partial charge in [-0.25, -0.2) is 0 Å². The van der Waals surface area contributed by atoms with Crippen LogP contribution in [-0.4, -0.2) is 62.0 Å². The van der Waals surface area contributed by atoms with Crippen molar-refractivity contribution in [3.63, 3.8) is 0 Å². The number of piperazine rings is 1. The van der Waals surface area contributed by atoms with Gasteiger partial charge in [-0.15, -0.1) is 13.2 Å². The summed E-state index contributed by atoms with van der Waals surface area (Å²) in [6.07, 6.45) is -4.49. The number of hydrogen-bond donors (Lipinski definition) is 0. The zero-order chi connectivity index (χ0) is 11.3. The van der Waals surface area contributed by atoms with Crippen molar-refractivity contribution in [2.45, 2.75) is 13.3 Å². The number of nitrogens with zero attached hydrogens (tertiary/aromatic N) is 2. The van der Waals surface area contributed by atoms with Crippen LogP contribution in [0.2, 0.25) is 0 Å². The average molecular weight is 226 g/mol. The van der Waals surface area contributed by atoms with Gasteiger partial charge in [0.1, 0.15) is 0 Å². The fourth-order valence-electron chi connectivity index (χ4n) is 1.62. The van der Waals surface area contributed by atoms with E-state index < -0.39 is 6.36 Å². The molecule has 1 aliphatic heterocycles. The Morgan fingerprint density at radius 1 is 1.07 bits per heavy atom. The van der Waals surface area contributed by atoms with Crippen LogP contribution in [0.3, 0.4) is 0 Å². The molecule has 0 aliphatic carbocycles. The molecule has 1 fully saturated rings. The van der Waals surface area contributed by atoms with Crippen molar-refractivity contribution in [2.24, 2.45) is 0 Å². The number of rotatable bonds is 4. The van der Waals surface area contributed by atoms with E-state index in [1.165, 1.54) is 0 Å². The molecule has 0 spiro atoms. The van der Waals surface area contributed by atoms with E-state index in [0.717, 1.165) is 32.7 Å². The Bertz CT molecular complexity index is 179. The topological polar surface area (TPSA) is 15.7 Å². The van der Waals surface area contributed by atoms with Gasteiger partial charge < -0.3 is 4.90 Å². The van der Waals surface area contributed by atoms with E-state index in [9.17, 15) is 13.2 Å². The summed E-state index contributed by atoms with van der Waals surface area (Å²) >= 11 is 0. The molecule has 0 bridgehead atoms. The van der Waals surface area contributed by atoms with E-state index in [1.54, 1.807) is 0 Å². The molecule has 0 amide bonds. The molecule has 15 heavy (non-hydrogen) atoms. The van der Waals surface area contributed by atoms with Crippen molar-refractivity contribution in [1.29, 1.82) is 0 Å². The summed E-state index contributed by atoms with van der Waals surface area (Å²) in [5.74, 6) is 0. The average Bonchev–Trinajstić information content (AvgIpc) is 2.17. The highest BCUT2D eigenvalue weighted by atomic mass is 19.4. The van der Waals surface area contributed by atoms with E-state index in [-0.39, 0.29) is 6.61 Å². The minimum atomic E-state index is -4.49. The molecule has 0 aromatic rings. The first kappa shape index (κ1) is 12.7. The van der Waals surface area contributed by atoms with E-state index >= 15 is 0 Å². The highest BCUT2D eigenvalue weighted by Gasteiger charge is 2.29. The second kappa shape index (κ2) is 5.67. The summed E-state index contributed by atoms with van der Waals surface area (Å²) in [6.45, 7) is 6.71. The summed E-state index contributed by atoms with van der Waals surface area (Å²) in [5.41, 5.74) is 0. The van der Waals surface area contributed by atoms with Gasteiger partial charge in [-0.2, -0.15) is 0 Å². The molecule has 1 saturated heterocycles. The van der Waals surface area contributed by atoms with Gasteiger partial charge in [0.05, 0.1) is 6.61 Å². The van der Waals surface area contributed by atoms with Gasteiger partial charge in [-0.05, 0) is 6.54 Å². The standard InChI is InChI=1S/C9H17F3N2O/c1-2-13-3-5-14(6-4-13)7-8-15-9(10,11)12/h2-8H2,1H3. The largest absolute Gasteiger partial charge is 0.522 e. The van der Waals surface area contributed by atoms with Gasteiger partial charge in [0, 0.05) is 32.7 Å². The fraction of sp³-hybridized carbons (Fsp3) is 1.00. The maximum atomic E-state index is 11.7.